The Balaban J connectivity index is 1.81. The molecule has 0 unspecified atom stereocenters. The van der Waals surface area contributed by atoms with Crippen LogP contribution in [0.3, 0.4) is 0 Å². The molecule has 2 heterocycles. The molecule has 146 valence electrons. The van der Waals surface area contributed by atoms with Gasteiger partial charge in [0.15, 0.2) is 4.87 Å². The van der Waals surface area contributed by atoms with Gasteiger partial charge >= 0.3 is 0 Å². The Hall–Kier alpha value is -2.27. The van der Waals surface area contributed by atoms with Crippen LogP contribution in [0.1, 0.15) is 36.1 Å². The van der Waals surface area contributed by atoms with Gasteiger partial charge in [-0.3, -0.25) is 9.59 Å². The number of amides is 2. The van der Waals surface area contributed by atoms with Gasteiger partial charge in [0.05, 0.1) is 12.2 Å². The molecule has 5 heteroatoms. The van der Waals surface area contributed by atoms with Crippen LogP contribution in [-0.2, 0) is 21.0 Å². The maximum atomic E-state index is 13.8. The zero-order valence-corrected chi connectivity index (χ0v) is 17.7. The van der Waals surface area contributed by atoms with Crippen molar-refractivity contribution in [3.05, 3.63) is 64.7 Å². The average molecular weight is 395 g/mol. The minimum atomic E-state index is -0.923. The standard InChI is InChI=1S/C23H26N2O2S/c1-15(2)21(26)25-11-12-28-23(25)19-13-17(4)7-10-20(19)24(22(23)27)14-18-8-5-16(3)6-9-18/h5-10,13,15H,11-12,14H2,1-4H3/t23-/m1/s1. The Morgan fingerprint density at radius 3 is 2.46 bits per heavy atom. The summed E-state index contributed by atoms with van der Waals surface area (Å²) in [5.74, 6) is 0.687. The van der Waals surface area contributed by atoms with Crippen LogP contribution in [0.4, 0.5) is 5.69 Å². The molecule has 0 saturated carbocycles. The molecule has 1 saturated heterocycles. The van der Waals surface area contributed by atoms with Crippen molar-refractivity contribution in [1.82, 2.24) is 4.90 Å². The van der Waals surface area contributed by atoms with Crippen LogP contribution in [0.2, 0.25) is 0 Å². The first-order chi connectivity index (χ1) is 13.3. The van der Waals surface area contributed by atoms with E-state index in [1.165, 1.54) is 5.56 Å². The van der Waals surface area contributed by atoms with E-state index in [4.69, 9.17) is 0 Å². The maximum absolute atomic E-state index is 13.8. The van der Waals surface area contributed by atoms with Gasteiger partial charge in [-0.15, -0.1) is 11.8 Å². The quantitative estimate of drug-likeness (QED) is 0.782. The molecule has 4 rings (SSSR count). The lowest BCUT2D eigenvalue weighted by molar-refractivity contribution is -0.142. The highest BCUT2D eigenvalue weighted by atomic mass is 32.2. The summed E-state index contributed by atoms with van der Waals surface area (Å²) in [6.45, 7) is 9.03. The molecule has 0 bridgehead atoms. The molecule has 2 aliphatic heterocycles. The molecule has 2 aromatic carbocycles. The normalized spacial score (nSPS) is 21.1. The van der Waals surface area contributed by atoms with Crippen molar-refractivity contribution in [3.8, 4) is 0 Å². The minimum absolute atomic E-state index is 0.00479. The van der Waals surface area contributed by atoms with Gasteiger partial charge < -0.3 is 9.80 Å². The Labute approximate surface area is 170 Å². The van der Waals surface area contributed by atoms with Crippen LogP contribution in [-0.4, -0.2) is 29.0 Å². The number of thioether (sulfide) groups is 1. The Bertz CT molecular complexity index is 938. The minimum Gasteiger partial charge on any atom is -0.315 e. The fourth-order valence-corrected chi connectivity index (χ4v) is 5.55. The van der Waals surface area contributed by atoms with Crippen LogP contribution >= 0.6 is 11.8 Å². The first kappa shape index (κ1) is 19.1. The highest BCUT2D eigenvalue weighted by Crippen LogP contribution is 2.54. The summed E-state index contributed by atoms with van der Waals surface area (Å²) >= 11 is 1.60. The first-order valence-electron chi connectivity index (χ1n) is 9.78. The lowest BCUT2D eigenvalue weighted by atomic mass is 10.0. The largest absolute Gasteiger partial charge is 0.315 e. The van der Waals surface area contributed by atoms with Crippen molar-refractivity contribution >= 4 is 29.3 Å². The molecular weight excluding hydrogens is 368 g/mol. The molecular formula is C23H26N2O2S. The second kappa shape index (κ2) is 6.96. The fraction of sp³-hybridized carbons (Fsp3) is 0.391. The highest BCUT2D eigenvalue weighted by molar-refractivity contribution is 8.01. The predicted molar refractivity (Wildman–Crippen MR) is 114 cm³/mol. The van der Waals surface area contributed by atoms with Crippen LogP contribution in [0.15, 0.2) is 42.5 Å². The van der Waals surface area contributed by atoms with Gasteiger partial charge in [-0.1, -0.05) is 61.4 Å². The van der Waals surface area contributed by atoms with E-state index in [2.05, 4.69) is 37.3 Å². The molecule has 1 atom stereocenters. The zero-order chi connectivity index (χ0) is 20.1. The van der Waals surface area contributed by atoms with Gasteiger partial charge in [0, 0.05) is 23.8 Å². The van der Waals surface area contributed by atoms with Gasteiger partial charge in [0.2, 0.25) is 5.91 Å². The topological polar surface area (TPSA) is 40.6 Å². The van der Waals surface area contributed by atoms with Gasteiger partial charge in [0.25, 0.3) is 5.91 Å². The third-order valence-corrected chi connectivity index (χ3v) is 6.99. The summed E-state index contributed by atoms with van der Waals surface area (Å²) in [6.07, 6.45) is 0. The number of carbonyl (C=O) groups excluding carboxylic acids is 2. The van der Waals surface area contributed by atoms with E-state index >= 15 is 0 Å². The monoisotopic (exact) mass is 394 g/mol. The molecule has 1 spiro atoms. The lowest BCUT2D eigenvalue weighted by Crippen LogP contribution is -2.51. The van der Waals surface area contributed by atoms with Crippen molar-refractivity contribution < 1.29 is 9.59 Å². The number of hydrogen-bond donors (Lipinski definition) is 0. The summed E-state index contributed by atoms with van der Waals surface area (Å²) in [5, 5.41) is 0. The summed E-state index contributed by atoms with van der Waals surface area (Å²) in [6, 6.07) is 14.4. The van der Waals surface area contributed by atoms with Crippen molar-refractivity contribution in [2.45, 2.75) is 39.1 Å². The maximum Gasteiger partial charge on any atom is 0.268 e. The van der Waals surface area contributed by atoms with E-state index in [1.807, 2.05) is 42.7 Å². The lowest BCUT2D eigenvalue weighted by Gasteiger charge is -2.34. The van der Waals surface area contributed by atoms with Crippen molar-refractivity contribution in [2.75, 3.05) is 17.2 Å². The third-order valence-electron chi connectivity index (χ3n) is 5.57. The zero-order valence-electron chi connectivity index (χ0n) is 16.9. The van der Waals surface area contributed by atoms with Crippen LogP contribution in [0.5, 0.6) is 0 Å². The number of fused-ring (bicyclic) bond motifs is 2. The predicted octanol–water partition coefficient (Wildman–Crippen LogP) is 4.23. The van der Waals surface area contributed by atoms with Crippen LogP contribution in [0.25, 0.3) is 0 Å². The second-order valence-corrected chi connectivity index (χ2v) is 9.32. The van der Waals surface area contributed by atoms with Gasteiger partial charge in [-0.05, 0) is 25.5 Å². The van der Waals surface area contributed by atoms with E-state index in [-0.39, 0.29) is 17.7 Å². The molecule has 0 radical (unpaired) electrons. The molecule has 2 aromatic rings. The summed E-state index contributed by atoms with van der Waals surface area (Å²) in [5.41, 5.74) is 5.28. The molecule has 2 aliphatic rings. The number of nitrogens with zero attached hydrogens (tertiary/aromatic N) is 2. The third kappa shape index (κ3) is 2.84. The van der Waals surface area contributed by atoms with E-state index in [1.54, 1.807) is 11.8 Å². The van der Waals surface area contributed by atoms with Gasteiger partial charge in [0.1, 0.15) is 0 Å². The molecule has 4 nitrogen and oxygen atoms in total. The Morgan fingerprint density at radius 1 is 1.11 bits per heavy atom. The molecule has 28 heavy (non-hydrogen) atoms. The van der Waals surface area contributed by atoms with Crippen LogP contribution in [0, 0.1) is 19.8 Å². The van der Waals surface area contributed by atoms with Crippen molar-refractivity contribution in [1.29, 1.82) is 0 Å². The van der Waals surface area contributed by atoms with Gasteiger partial charge in [-0.2, -0.15) is 0 Å². The van der Waals surface area contributed by atoms with Gasteiger partial charge in [-0.25, -0.2) is 0 Å². The van der Waals surface area contributed by atoms with E-state index in [0.717, 1.165) is 28.1 Å². The fourth-order valence-electron chi connectivity index (χ4n) is 4.09. The number of carbonyl (C=O) groups is 2. The molecule has 1 fully saturated rings. The van der Waals surface area contributed by atoms with E-state index in [9.17, 15) is 9.59 Å². The second-order valence-electron chi connectivity index (χ2n) is 8.03. The number of benzene rings is 2. The van der Waals surface area contributed by atoms with Crippen LogP contribution < -0.4 is 4.90 Å². The Kier molecular flexibility index (Phi) is 4.74. The summed E-state index contributed by atoms with van der Waals surface area (Å²) < 4.78 is 0. The first-order valence-corrected chi connectivity index (χ1v) is 10.8. The number of anilines is 1. The highest BCUT2D eigenvalue weighted by Gasteiger charge is 2.59. The van der Waals surface area contributed by atoms with E-state index in [0.29, 0.717) is 13.1 Å². The SMILES string of the molecule is Cc1ccc(CN2C(=O)[C@]3(SCCN3C(=O)C(C)C)c3cc(C)ccc32)cc1. The van der Waals surface area contributed by atoms with Crippen molar-refractivity contribution in [2.24, 2.45) is 5.92 Å². The van der Waals surface area contributed by atoms with Crippen molar-refractivity contribution in [3.63, 3.8) is 0 Å². The number of hydrogen-bond acceptors (Lipinski definition) is 3. The molecule has 2 amide bonds. The smallest absolute Gasteiger partial charge is 0.268 e. The number of rotatable bonds is 3. The van der Waals surface area contributed by atoms with E-state index < -0.39 is 4.87 Å². The molecule has 0 aromatic heterocycles. The number of aryl methyl sites for hydroxylation is 2. The molecule has 0 aliphatic carbocycles. The summed E-state index contributed by atoms with van der Waals surface area (Å²) in [4.78, 5) is 29.6. The molecule has 0 N–H and O–H groups in total. The Morgan fingerprint density at radius 2 is 1.79 bits per heavy atom. The average Bonchev–Trinajstić information content (AvgIpc) is 3.20. The summed E-state index contributed by atoms with van der Waals surface area (Å²) in [7, 11) is 0.